The maximum absolute atomic E-state index is 9.68. The molecule has 2 N–H and O–H groups in total. The second-order valence-corrected chi connectivity index (χ2v) is 7.21. The molecule has 0 radical (unpaired) electrons. The van der Waals surface area contributed by atoms with Crippen LogP contribution in [-0.4, -0.2) is 29.5 Å². The highest BCUT2D eigenvalue weighted by molar-refractivity contribution is 9.10. The summed E-state index contributed by atoms with van der Waals surface area (Å²) < 4.78 is 1.12. The molecule has 0 bridgehead atoms. The van der Waals surface area contributed by atoms with Crippen LogP contribution in [0.2, 0.25) is 0 Å². The van der Waals surface area contributed by atoms with E-state index in [9.17, 15) is 5.11 Å². The lowest BCUT2D eigenvalue weighted by Gasteiger charge is -2.32. The Labute approximate surface area is 135 Å². The van der Waals surface area contributed by atoms with Crippen LogP contribution in [0.25, 0.3) is 0 Å². The summed E-state index contributed by atoms with van der Waals surface area (Å²) in [5.74, 6) is 1.09. The molecule has 1 rings (SSSR count). The van der Waals surface area contributed by atoms with Crippen LogP contribution in [0.5, 0.6) is 0 Å². The van der Waals surface area contributed by atoms with Crippen molar-refractivity contribution < 1.29 is 5.11 Å². The molecule has 0 aliphatic heterocycles. The number of rotatable bonds is 10. The standard InChI is InChI=1S/C16H26BrNOS/c1-3-11-18-16(4-2,13-19)10-5-12-20-15-8-6-14(17)7-9-15/h6-9,18-19H,3-5,10-13H2,1-2H3. The lowest BCUT2D eigenvalue weighted by Crippen LogP contribution is -2.48. The second-order valence-electron chi connectivity index (χ2n) is 5.12. The van der Waals surface area contributed by atoms with Gasteiger partial charge in [0, 0.05) is 14.9 Å². The predicted molar refractivity (Wildman–Crippen MR) is 92.5 cm³/mol. The lowest BCUT2D eigenvalue weighted by atomic mass is 9.91. The Hall–Kier alpha value is -0.0300. The zero-order chi connectivity index (χ0) is 14.8. The molecule has 0 aliphatic rings. The highest BCUT2D eigenvalue weighted by atomic mass is 79.9. The van der Waals surface area contributed by atoms with Gasteiger partial charge in [0.15, 0.2) is 0 Å². The van der Waals surface area contributed by atoms with Crippen LogP contribution in [0, 0.1) is 0 Å². The SMILES string of the molecule is CCCNC(CC)(CO)CCCSc1ccc(Br)cc1. The first-order chi connectivity index (χ1) is 9.65. The van der Waals surface area contributed by atoms with Crippen LogP contribution in [0.1, 0.15) is 39.5 Å². The number of halogens is 1. The van der Waals surface area contributed by atoms with Gasteiger partial charge < -0.3 is 10.4 Å². The summed E-state index contributed by atoms with van der Waals surface area (Å²) in [6.07, 6.45) is 4.23. The van der Waals surface area contributed by atoms with Crippen LogP contribution in [0.3, 0.4) is 0 Å². The van der Waals surface area contributed by atoms with Crippen molar-refractivity contribution in [2.24, 2.45) is 0 Å². The van der Waals surface area contributed by atoms with Crippen molar-refractivity contribution in [3.63, 3.8) is 0 Å². The molecule has 0 aromatic heterocycles. The minimum Gasteiger partial charge on any atom is -0.394 e. The molecule has 20 heavy (non-hydrogen) atoms. The van der Waals surface area contributed by atoms with Crippen LogP contribution >= 0.6 is 27.7 Å². The molecular formula is C16H26BrNOS. The fraction of sp³-hybridized carbons (Fsp3) is 0.625. The molecule has 1 aromatic carbocycles. The van der Waals surface area contributed by atoms with E-state index < -0.39 is 0 Å². The number of thioether (sulfide) groups is 1. The molecule has 0 spiro atoms. The van der Waals surface area contributed by atoms with Crippen LogP contribution in [-0.2, 0) is 0 Å². The van der Waals surface area contributed by atoms with Gasteiger partial charge in [-0.15, -0.1) is 11.8 Å². The van der Waals surface area contributed by atoms with Crippen LogP contribution in [0.15, 0.2) is 33.6 Å². The van der Waals surface area contributed by atoms with E-state index in [1.165, 1.54) is 4.90 Å². The Bertz CT molecular complexity index is 365. The van der Waals surface area contributed by atoms with Gasteiger partial charge in [0.1, 0.15) is 0 Å². The molecule has 114 valence electrons. The number of aliphatic hydroxyl groups excluding tert-OH is 1. The number of hydrogen-bond donors (Lipinski definition) is 2. The van der Waals surface area contributed by atoms with Crippen molar-refractivity contribution in [2.75, 3.05) is 18.9 Å². The molecule has 2 nitrogen and oxygen atoms in total. The van der Waals surface area contributed by atoms with Gasteiger partial charge in [-0.25, -0.2) is 0 Å². The summed E-state index contributed by atoms with van der Waals surface area (Å²) in [5.41, 5.74) is -0.0870. The third-order valence-corrected chi connectivity index (χ3v) is 5.24. The molecule has 0 fully saturated rings. The van der Waals surface area contributed by atoms with Crippen molar-refractivity contribution in [2.45, 2.75) is 50.0 Å². The number of aliphatic hydroxyl groups is 1. The molecule has 1 unspecified atom stereocenters. The van der Waals surface area contributed by atoms with E-state index in [0.717, 1.165) is 42.5 Å². The average Bonchev–Trinajstić information content (AvgIpc) is 2.49. The fourth-order valence-electron chi connectivity index (χ4n) is 2.16. The maximum atomic E-state index is 9.68. The van der Waals surface area contributed by atoms with Gasteiger partial charge in [0.2, 0.25) is 0 Å². The summed E-state index contributed by atoms with van der Waals surface area (Å²) >= 11 is 5.34. The molecule has 0 saturated heterocycles. The van der Waals surface area contributed by atoms with Crippen molar-refractivity contribution in [1.82, 2.24) is 5.32 Å². The fourth-order valence-corrected chi connectivity index (χ4v) is 3.28. The van der Waals surface area contributed by atoms with E-state index in [1.54, 1.807) is 0 Å². The summed E-state index contributed by atoms with van der Waals surface area (Å²) in [6.45, 7) is 5.52. The smallest absolute Gasteiger partial charge is 0.0613 e. The Morgan fingerprint density at radius 1 is 1.25 bits per heavy atom. The quantitative estimate of drug-likeness (QED) is 0.477. The van der Waals surface area contributed by atoms with Gasteiger partial charge in [-0.05, 0) is 62.2 Å². The maximum Gasteiger partial charge on any atom is 0.0613 e. The van der Waals surface area contributed by atoms with E-state index in [0.29, 0.717) is 0 Å². The first kappa shape index (κ1) is 18.0. The first-order valence-electron chi connectivity index (χ1n) is 7.40. The van der Waals surface area contributed by atoms with Crippen molar-refractivity contribution in [1.29, 1.82) is 0 Å². The Morgan fingerprint density at radius 3 is 2.50 bits per heavy atom. The number of hydrogen-bond acceptors (Lipinski definition) is 3. The lowest BCUT2D eigenvalue weighted by molar-refractivity contribution is 0.146. The molecule has 4 heteroatoms. The Morgan fingerprint density at radius 2 is 1.95 bits per heavy atom. The monoisotopic (exact) mass is 359 g/mol. The molecular weight excluding hydrogens is 334 g/mol. The third-order valence-electron chi connectivity index (χ3n) is 3.61. The van der Waals surface area contributed by atoms with E-state index in [1.807, 2.05) is 11.8 Å². The Balaban J connectivity index is 2.34. The summed E-state index contributed by atoms with van der Waals surface area (Å²) in [5, 5.41) is 13.2. The molecule has 0 aliphatic carbocycles. The van der Waals surface area contributed by atoms with Crippen molar-refractivity contribution in [3.8, 4) is 0 Å². The first-order valence-corrected chi connectivity index (χ1v) is 9.18. The van der Waals surface area contributed by atoms with Gasteiger partial charge in [-0.3, -0.25) is 0 Å². The molecule has 1 atom stereocenters. The van der Waals surface area contributed by atoms with Crippen molar-refractivity contribution >= 4 is 27.7 Å². The molecule has 1 aromatic rings. The van der Waals surface area contributed by atoms with Crippen LogP contribution < -0.4 is 5.32 Å². The zero-order valence-electron chi connectivity index (χ0n) is 12.5. The summed E-state index contributed by atoms with van der Waals surface area (Å²) in [7, 11) is 0. The average molecular weight is 360 g/mol. The van der Waals surface area contributed by atoms with Gasteiger partial charge in [0.05, 0.1) is 6.61 Å². The topological polar surface area (TPSA) is 32.3 Å². The minimum atomic E-state index is -0.0870. The van der Waals surface area contributed by atoms with Gasteiger partial charge >= 0.3 is 0 Å². The highest BCUT2D eigenvalue weighted by Crippen LogP contribution is 2.24. The van der Waals surface area contributed by atoms with E-state index in [-0.39, 0.29) is 12.1 Å². The van der Waals surface area contributed by atoms with Gasteiger partial charge in [-0.2, -0.15) is 0 Å². The largest absolute Gasteiger partial charge is 0.394 e. The van der Waals surface area contributed by atoms with E-state index in [4.69, 9.17) is 0 Å². The molecule has 0 heterocycles. The van der Waals surface area contributed by atoms with Crippen molar-refractivity contribution in [3.05, 3.63) is 28.7 Å². The van der Waals surface area contributed by atoms with Crippen LogP contribution in [0.4, 0.5) is 0 Å². The third kappa shape index (κ3) is 6.17. The second kappa shape index (κ2) is 9.82. The summed E-state index contributed by atoms with van der Waals surface area (Å²) in [4.78, 5) is 1.31. The Kier molecular flexibility index (Phi) is 8.85. The molecule has 0 saturated carbocycles. The highest BCUT2D eigenvalue weighted by Gasteiger charge is 2.25. The van der Waals surface area contributed by atoms with Gasteiger partial charge in [-0.1, -0.05) is 29.8 Å². The molecule has 0 amide bonds. The van der Waals surface area contributed by atoms with E-state index in [2.05, 4.69) is 59.4 Å². The summed E-state index contributed by atoms with van der Waals surface area (Å²) in [6, 6.07) is 8.44. The number of benzene rings is 1. The number of nitrogens with one attached hydrogen (secondary N) is 1. The van der Waals surface area contributed by atoms with Gasteiger partial charge in [0.25, 0.3) is 0 Å². The predicted octanol–water partition coefficient (Wildman–Crippen LogP) is 4.46. The van der Waals surface area contributed by atoms with E-state index >= 15 is 0 Å². The normalized spacial score (nSPS) is 14.2. The minimum absolute atomic E-state index is 0.0870. The zero-order valence-corrected chi connectivity index (χ0v) is 14.9.